The van der Waals surface area contributed by atoms with Gasteiger partial charge in [-0.1, -0.05) is 24.3 Å². The predicted octanol–water partition coefficient (Wildman–Crippen LogP) is 2.36. The van der Waals surface area contributed by atoms with Gasteiger partial charge in [0.05, 0.1) is 24.6 Å². The van der Waals surface area contributed by atoms with Gasteiger partial charge in [0.15, 0.2) is 5.69 Å². The topological polar surface area (TPSA) is 170 Å². The summed E-state index contributed by atoms with van der Waals surface area (Å²) in [6, 6.07) is 12.4. The van der Waals surface area contributed by atoms with Crippen molar-refractivity contribution in [2.45, 2.75) is 19.9 Å². The second kappa shape index (κ2) is 13.4. The molecule has 0 fully saturated rings. The molecule has 3 amide bonds. The fourth-order valence-corrected chi connectivity index (χ4v) is 4.62. The Morgan fingerprint density at radius 3 is 2.27 bits per heavy atom. The number of benzene rings is 2. The van der Waals surface area contributed by atoms with Crippen molar-refractivity contribution in [2.24, 2.45) is 5.73 Å². The summed E-state index contributed by atoms with van der Waals surface area (Å²) < 4.78 is 14.7. The number of hydrogen-bond acceptors (Lipinski definition) is 10. The molecule has 0 aliphatic carbocycles. The molecule has 12 nitrogen and oxygen atoms in total. The third kappa shape index (κ3) is 6.67. The summed E-state index contributed by atoms with van der Waals surface area (Å²) in [7, 11) is 3.74. The van der Waals surface area contributed by atoms with E-state index in [-0.39, 0.29) is 35.2 Å². The number of para-hydroxylation sites is 2. The number of hydrogen-bond donors (Lipinski definition) is 3. The lowest BCUT2D eigenvalue weighted by atomic mass is 10.0. The quantitative estimate of drug-likeness (QED) is 0.278. The number of carbonyl (C=O) groups is 4. The number of primary amides is 1. The average molecular weight is 569 g/mol. The van der Waals surface area contributed by atoms with Crippen molar-refractivity contribution in [3.8, 4) is 5.75 Å². The van der Waals surface area contributed by atoms with Gasteiger partial charge < -0.3 is 31.2 Å². The van der Waals surface area contributed by atoms with Gasteiger partial charge in [-0.2, -0.15) is 4.37 Å². The Morgan fingerprint density at radius 1 is 1.02 bits per heavy atom. The fraction of sp³-hybridized carbons (Fsp3) is 0.296. The van der Waals surface area contributed by atoms with Crippen molar-refractivity contribution in [1.82, 2.24) is 9.69 Å². The summed E-state index contributed by atoms with van der Waals surface area (Å²) in [5, 5.41) is 2.57. The standard InChI is InChI=1S/C27H32N6O6S/c1-5-38-19-10-8-7-9-18(19)33(27(37)24-21(28)22(25(29)35)31-40-24)23(26(36)30-15-20(34)39-6-2)16-11-13-17(14-12-16)32(3)4/h7-14,23H,5-6,15,28H2,1-4H3,(H2,29,35)(H,30,36)/t23-/m1/s1. The van der Waals surface area contributed by atoms with E-state index in [4.69, 9.17) is 20.9 Å². The van der Waals surface area contributed by atoms with Crippen LogP contribution in [0.4, 0.5) is 17.1 Å². The summed E-state index contributed by atoms with van der Waals surface area (Å²) >= 11 is 0.690. The lowest BCUT2D eigenvalue weighted by molar-refractivity contribution is -0.143. The summed E-state index contributed by atoms with van der Waals surface area (Å²) in [5.41, 5.74) is 12.6. The Morgan fingerprint density at radius 2 is 1.70 bits per heavy atom. The van der Waals surface area contributed by atoms with E-state index in [1.165, 1.54) is 4.90 Å². The molecule has 0 saturated heterocycles. The first-order valence-corrected chi connectivity index (χ1v) is 13.2. The highest BCUT2D eigenvalue weighted by Crippen LogP contribution is 2.38. The molecule has 0 radical (unpaired) electrons. The van der Waals surface area contributed by atoms with Crippen molar-refractivity contribution in [2.75, 3.05) is 49.4 Å². The van der Waals surface area contributed by atoms with E-state index in [0.717, 1.165) is 5.69 Å². The lowest BCUT2D eigenvalue weighted by Gasteiger charge is -2.32. The zero-order valence-corrected chi connectivity index (χ0v) is 23.5. The van der Waals surface area contributed by atoms with E-state index in [1.807, 2.05) is 19.0 Å². The second-order valence-corrected chi connectivity index (χ2v) is 9.40. The smallest absolute Gasteiger partial charge is 0.325 e. The van der Waals surface area contributed by atoms with E-state index in [1.54, 1.807) is 62.4 Å². The maximum atomic E-state index is 14.2. The predicted molar refractivity (Wildman–Crippen MR) is 153 cm³/mol. The van der Waals surface area contributed by atoms with Crippen molar-refractivity contribution >= 4 is 52.3 Å². The number of ether oxygens (including phenoxy) is 2. The van der Waals surface area contributed by atoms with Gasteiger partial charge in [0, 0.05) is 19.8 Å². The molecule has 212 valence electrons. The number of anilines is 3. The van der Waals surface area contributed by atoms with Gasteiger partial charge in [0.25, 0.3) is 11.8 Å². The first-order valence-electron chi connectivity index (χ1n) is 12.4. The number of rotatable bonds is 12. The van der Waals surface area contributed by atoms with Gasteiger partial charge in [0.2, 0.25) is 5.91 Å². The molecule has 3 rings (SSSR count). The lowest BCUT2D eigenvalue weighted by Crippen LogP contribution is -2.45. The Kier molecular flexibility index (Phi) is 10.0. The van der Waals surface area contributed by atoms with Gasteiger partial charge in [-0.15, -0.1) is 0 Å². The van der Waals surface area contributed by atoms with Gasteiger partial charge >= 0.3 is 5.97 Å². The van der Waals surface area contributed by atoms with Crippen molar-refractivity contribution in [3.05, 3.63) is 64.7 Å². The second-order valence-electron chi connectivity index (χ2n) is 8.63. The van der Waals surface area contributed by atoms with Crippen LogP contribution >= 0.6 is 11.5 Å². The largest absolute Gasteiger partial charge is 0.492 e. The molecule has 0 saturated carbocycles. The van der Waals surface area contributed by atoms with Crippen LogP contribution in [0.25, 0.3) is 0 Å². The molecule has 2 aromatic carbocycles. The maximum Gasteiger partial charge on any atom is 0.325 e. The average Bonchev–Trinajstić information content (AvgIpc) is 3.32. The number of aromatic nitrogens is 1. The molecule has 0 aliphatic heterocycles. The minimum absolute atomic E-state index is 0.0896. The molecule has 0 bridgehead atoms. The van der Waals surface area contributed by atoms with Crippen LogP contribution in [0, 0.1) is 0 Å². The highest BCUT2D eigenvalue weighted by atomic mass is 32.1. The Bertz CT molecular complexity index is 1370. The van der Waals surface area contributed by atoms with Gasteiger partial charge in [-0.3, -0.25) is 24.1 Å². The summed E-state index contributed by atoms with van der Waals surface area (Å²) in [6.07, 6.45) is 0. The summed E-state index contributed by atoms with van der Waals surface area (Å²) in [4.78, 5) is 54.9. The van der Waals surface area contributed by atoms with Gasteiger partial charge in [-0.05, 0) is 55.2 Å². The molecule has 1 heterocycles. The minimum Gasteiger partial charge on any atom is -0.492 e. The maximum absolute atomic E-state index is 14.2. The molecule has 13 heteroatoms. The normalized spacial score (nSPS) is 11.3. The first-order chi connectivity index (χ1) is 19.1. The number of nitrogens with two attached hydrogens (primary N) is 2. The molecule has 0 aliphatic rings. The molecule has 0 unspecified atom stereocenters. The highest BCUT2D eigenvalue weighted by Gasteiger charge is 2.37. The van der Waals surface area contributed by atoms with Crippen LogP contribution in [0.3, 0.4) is 0 Å². The van der Waals surface area contributed by atoms with E-state index in [2.05, 4.69) is 9.69 Å². The van der Waals surface area contributed by atoms with Crippen molar-refractivity contribution in [3.63, 3.8) is 0 Å². The first kappa shape index (κ1) is 29.9. The number of carbonyl (C=O) groups excluding carboxylic acids is 4. The molecule has 3 aromatic rings. The van der Waals surface area contributed by atoms with Crippen LogP contribution in [0.5, 0.6) is 5.75 Å². The van der Waals surface area contributed by atoms with E-state index in [0.29, 0.717) is 22.8 Å². The van der Waals surface area contributed by atoms with Crippen LogP contribution in [-0.2, 0) is 14.3 Å². The van der Waals surface area contributed by atoms with Crippen LogP contribution in [0.15, 0.2) is 48.5 Å². The fourth-order valence-electron chi connectivity index (χ4n) is 3.88. The van der Waals surface area contributed by atoms with Crippen LogP contribution in [-0.4, -0.2) is 61.9 Å². The third-order valence-electron chi connectivity index (χ3n) is 5.74. The number of amides is 3. The van der Waals surface area contributed by atoms with Crippen LogP contribution in [0.2, 0.25) is 0 Å². The molecule has 1 atom stereocenters. The SMILES string of the molecule is CCOC(=O)CNC(=O)[C@@H](c1ccc(N(C)C)cc1)N(C(=O)c1snc(C(N)=O)c1N)c1ccccc1OCC. The molecular weight excluding hydrogens is 536 g/mol. The molecular formula is C27H32N6O6S. The number of esters is 1. The Hall–Kier alpha value is -4.65. The zero-order chi connectivity index (χ0) is 29.4. The molecule has 1 aromatic heterocycles. The van der Waals surface area contributed by atoms with Gasteiger partial charge in [0.1, 0.15) is 23.2 Å². The Labute approximate surface area is 236 Å². The van der Waals surface area contributed by atoms with Crippen LogP contribution < -0.4 is 31.3 Å². The number of nitrogens with zero attached hydrogens (tertiary/aromatic N) is 3. The summed E-state index contributed by atoms with van der Waals surface area (Å²) in [5.74, 6) is -2.59. The third-order valence-corrected chi connectivity index (χ3v) is 6.59. The van der Waals surface area contributed by atoms with Crippen LogP contribution in [0.1, 0.15) is 45.6 Å². The van der Waals surface area contributed by atoms with E-state index in [9.17, 15) is 19.2 Å². The minimum atomic E-state index is -1.29. The number of nitrogen functional groups attached to an aromatic ring is 1. The molecule has 40 heavy (non-hydrogen) atoms. The number of nitrogens with one attached hydrogen (secondary N) is 1. The highest BCUT2D eigenvalue weighted by molar-refractivity contribution is 7.09. The Balaban J connectivity index is 2.23. The zero-order valence-electron chi connectivity index (χ0n) is 22.7. The van der Waals surface area contributed by atoms with E-state index < -0.39 is 36.3 Å². The van der Waals surface area contributed by atoms with Crippen molar-refractivity contribution in [1.29, 1.82) is 0 Å². The summed E-state index contributed by atoms with van der Waals surface area (Å²) in [6.45, 7) is 3.45. The van der Waals surface area contributed by atoms with E-state index >= 15 is 0 Å². The molecule has 5 N–H and O–H groups in total. The van der Waals surface area contributed by atoms with Gasteiger partial charge in [-0.25, -0.2) is 0 Å². The van der Waals surface area contributed by atoms with Crippen molar-refractivity contribution < 1.29 is 28.7 Å². The molecule has 0 spiro atoms. The monoisotopic (exact) mass is 568 g/mol.